The number of pyridine rings is 1. The number of carboxylic acids is 1. The van der Waals surface area contributed by atoms with Gasteiger partial charge in [0.15, 0.2) is 0 Å². The van der Waals surface area contributed by atoms with Gasteiger partial charge in [0.05, 0.1) is 0 Å². The first kappa shape index (κ1) is 25.7. The zero-order chi connectivity index (χ0) is 24.7. The molecule has 0 radical (unpaired) electrons. The van der Waals surface area contributed by atoms with Crippen molar-refractivity contribution in [3.05, 3.63) is 71.0 Å². The minimum Gasteiger partial charge on any atom is -0.508 e. The Labute approximate surface area is 200 Å². The minimum atomic E-state index is -5.08. The number of hydrogen-bond donors (Lipinski definition) is 3. The molecule has 1 aliphatic rings. The molecule has 1 aliphatic heterocycles. The number of nitrogens with zero attached hydrogens (tertiary/aromatic N) is 2. The van der Waals surface area contributed by atoms with Crippen molar-refractivity contribution in [1.29, 1.82) is 0 Å². The lowest BCUT2D eigenvalue weighted by atomic mass is 10.0. The highest BCUT2D eigenvalue weighted by molar-refractivity contribution is 6.30. The molecule has 4 rings (SSSR count). The highest BCUT2D eigenvalue weighted by atomic mass is 35.5. The average molecular weight is 496 g/mol. The second-order valence-corrected chi connectivity index (χ2v) is 8.49. The minimum absolute atomic E-state index is 0.316. The Morgan fingerprint density at radius 1 is 1.18 bits per heavy atom. The van der Waals surface area contributed by atoms with Gasteiger partial charge in [0.1, 0.15) is 5.75 Å². The number of aliphatic carboxylic acids is 1. The lowest BCUT2D eigenvalue weighted by Gasteiger charge is -2.33. The number of carboxylic acid groups (broad SMARTS) is 1. The number of piperidine rings is 1. The summed E-state index contributed by atoms with van der Waals surface area (Å²) in [6, 6.07) is 14.1. The topological polar surface area (TPSA) is 85.7 Å². The van der Waals surface area contributed by atoms with Gasteiger partial charge in [-0.1, -0.05) is 35.9 Å². The number of phenolic OH excluding ortho intramolecular Hbond substituents is 1. The van der Waals surface area contributed by atoms with Gasteiger partial charge in [-0.2, -0.15) is 13.2 Å². The highest BCUT2D eigenvalue weighted by Crippen LogP contribution is 2.24. The van der Waals surface area contributed by atoms with Crippen LogP contribution in [0.1, 0.15) is 24.0 Å². The number of carbonyl (C=O) groups is 1. The van der Waals surface area contributed by atoms with E-state index < -0.39 is 12.1 Å². The van der Waals surface area contributed by atoms with Crippen LogP contribution in [0.25, 0.3) is 10.8 Å². The fourth-order valence-electron chi connectivity index (χ4n) is 3.86. The van der Waals surface area contributed by atoms with E-state index in [0.29, 0.717) is 16.8 Å². The maximum absolute atomic E-state index is 10.6. The number of phenols is 1. The van der Waals surface area contributed by atoms with Crippen molar-refractivity contribution < 1.29 is 28.2 Å². The van der Waals surface area contributed by atoms with Crippen molar-refractivity contribution in [3.63, 3.8) is 0 Å². The molecule has 0 bridgehead atoms. The standard InChI is InChI=1S/C22H24ClN3O.C2HF3O2/c23-19-7-8-22(27)17(10-19)14-26-9-3-5-20(15-26)25-13-18-12-24-11-16-4-1-2-6-21(16)18;3-2(4,5)1(6)7/h1-2,4,6-8,10-12,20,25,27H,3,5,9,13-15H2;(H,6,7). The van der Waals surface area contributed by atoms with E-state index in [2.05, 4.69) is 33.4 Å². The summed E-state index contributed by atoms with van der Waals surface area (Å²) in [6.45, 7) is 3.54. The predicted molar refractivity (Wildman–Crippen MR) is 124 cm³/mol. The summed E-state index contributed by atoms with van der Waals surface area (Å²) in [4.78, 5) is 15.7. The normalized spacial score (nSPS) is 16.6. The number of aromatic nitrogens is 1. The van der Waals surface area contributed by atoms with Gasteiger partial charge in [0.2, 0.25) is 0 Å². The van der Waals surface area contributed by atoms with Crippen LogP contribution in [0, 0.1) is 0 Å². The summed E-state index contributed by atoms with van der Waals surface area (Å²) < 4.78 is 31.7. The SMILES string of the molecule is O=C(O)C(F)(F)F.Oc1ccc(Cl)cc1CN1CCCC(NCc2cncc3ccccc23)C1. The smallest absolute Gasteiger partial charge is 0.490 e. The lowest BCUT2D eigenvalue weighted by molar-refractivity contribution is -0.192. The van der Waals surface area contributed by atoms with E-state index in [1.807, 2.05) is 24.5 Å². The van der Waals surface area contributed by atoms with Crippen LogP contribution in [0.3, 0.4) is 0 Å². The van der Waals surface area contributed by atoms with Crippen molar-refractivity contribution >= 4 is 28.3 Å². The van der Waals surface area contributed by atoms with Crippen LogP contribution in [0.2, 0.25) is 5.02 Å². The number of hydrogen-bond acceptors (Lipinski definition) is 5. The highest BCUT2D eigenvalue weighted by Gasteiger charge is 2.38. The maximum atomic E-state index is 10.6. The van der Waals surface area contributed by atoms with Crippen molar-refractivity contribution in [3.8, 4) is 5.75 Å². The Morgan fingerprint density at radius 2 is 1.91 bits per heavy atom. The van der Waals surface area contributed by atoms with Crippen LogP contribution in [0.15, 0.2) is 54.9 Å². The largest absolute Gasteiger partial charge is 0.508 e. The Morgan fingerprint density at radius 3 is 2.65 bits per heavy atom. The number of nitrogens with one attached hydrogen (secondary N) is 1. The molecule has 1 fully saturated rings. The number of rotatable bonds is 5. The lowest BCUT2D eigenvalue weighted by Crippen LogP contribution is -2.45. The Balaban J connectivity index is 0.000000406. The molecule has 0 amide bonds. The van der Waals surface area contributed by atoms with Crippen molar-refractivity contribution in [1.82, 2.24) is 15.2 Å². The molecule has 1 atom stereocenters. The molecule has 3 N–H and O–H groups in total. The summed E-state index contributed by atoms with van der Waals surface area (Å²) in [7, 11) is 0. The third kappa shape index (κ3) is 7.31. The van der Waals surface area contributed by atoms with E-state index in [9.17, 15) is 18.3 Å². The van der Waals surface area contributed by atoms with Crippen LogP contribution in [-0.4, -0.2) is 51.4 Å². The molecule has 0 aliphatic carbocycles. The summed E-state index contributed by atoms with van der Waals surface area (Å²) >= 11 is 6.08. The van der Waals surface area contributed by atoms with E-state index in [1.54, 1.807) is 12.1 Å². The van der Waals surface area contributed by atoms with Crippen LogP contribution >= 0.6 is 11.6 Å². The van der Waals surface area contributed by atoms with Crippen molar-refractivity contribution in [2.75, 3.05) is 13.1 Å². The Bertz CT molecular complexity index is 1120. The summed E-state index contributed by atoms with van der Waals surface area (Å²) in [6.07, 6.45) is 1.10. The van der Waals surface area contributed by atoms with Crippen LogP contribution < -0.4 is 5.32 Å². The molecule has 0 spiro atoms. The molecule has 10 heteroatoms. The number of alkyl halides is 3. The van der Waals surface area contributed by atoms with Gasteiger partial charge in [-0.3, -0.25) is 9.88 Å². The second kappa shape index (κ2) is 11.5. The summed E-state index contributed by atoms with van der Waals surface area (Å²) in [5.41, 5.74) is 2.12. The van der Waals surface area contributed by atoms with Gasteiger partial charge >= 0.3 is 12.1 Å². The van der Waals surface area contributed by atoms with Gasteiger partial charge in [0.25, 0.3) is 0 Å². The molecule has 2 aromatic carbocycles. The fourth-order valence-corrected chi connectivity index (χ4v) is 4.06. The van der Waals surface area contributed by atoms with Gasteiger partial charge in [-0.15, -0.1) is 0 Å². The molecular weight excluding hydrogens is 471 g/mol. The second-order valence-electron chi connectivity index (χ2n) is 8.05. The summed E-state index contributed by atoms with van der Waals surface area (Å²) in [5.74, 6) is -2.44. The van der Waals surface area contributed by atoms with Gasteiger partial charge in [0, 0.05) is 54.0 Å². The Kier molecular flexibility index (Phi) is 8.71. The maximum Gasteiger partial charge on any atom is 0.490 e. The first-order valence-electron chi connectivity index (χ1n) is 10.7. The molecule has 34 heavy (non-hydrogen) atoms. The average Bonchev–Trinajstić information content (AvgIpc) is 2.80. The van der Waals surface area contributed by atoms with Crippen molar-refractivity contribution in [2.45, 2.75) is 38.1 Å². The van der Waals surface area contributed by atoms with E-state index in [4.69, 9.17) is 21.5 Å². The van der Waals surface area contributed by atoms with Gasteiger partial charge in [-0.05, 0) is 48.5 Å². The van der Waals surface area contributed by atoms with E-state index in [-0.39, 0.29) is 0 Å². The molecule has 1 aromatic heterocycles. The molecule has 3 aromatic rings. The first-order valence-corrected chi connectivity index (χ1v) is 11.1. The third-order valence-corrected chi connectivity index (χ3v) is 5.75. The zero-order valence-corrected chi connectivity index (χ0v) is 19.0. The summed E-state index contributed by atoms with van der Waals surface area (Å²) in [5, 5.41) is 24.0. The molecule has 1 saturated heterocycles. The van der Waals surface area contributed by atoms with Crippen LogP contribution in [-0.2, 0) is 17.9 Å². The fraction of sp³-hybridized carbons (Fsp3) is 0.333. The Hall–Kier alpha value is -2.88. The quantitative estimate of drug-likeness (QED) is 0.463. The van der Waals surface area contributed by atoms with Crippen LogP contribution in [0.4, 0.5) is 13.2 Å². The number of fused-ring (bicyclic) bond motifs is 1. The van der Waals surface area contributed by atoms with E-state index >= 15 is 0 Å². The predicted octanol–water partition coefficient (Wildman–Crippen LogP) is 4.98. The molecule has 1 unspecified atom stereocenters. The van der Waals surface area contributed by atoms with Crippen molar-refractivity contribution in [2.24, 2.45) is 0 Å². The van der Waals surface area contributed by atoms with E-state index in [0.717, 1.165) is 44.6 Å². The third-order valence-electron chi connectivity index (χ3n) is 5.52. The molecular formula is C24H25ClF3N3O3. The van der Waals surface area contributed by atoms with E-state index in [1.165, 1.54) is 16.3 Å². The molecule has 0 saturated carbocycles. The first-order chi connectivity index (χ1) is 16.1. The van der Waals surface area contributed by atoms with Gasteiger partial charge < -0.3 is 15.5 Å². The van der Waals surface area contributed by atoms with Gasteiger partial charge in [-0.25, -0.2) is 4.79 Å². The number of benzene rings is 2. The molecule has 6 nitrogen and oxygen atoms in total. The number of likely N-dealkylation sites (tertiary alicyclic amines) is 1. The zero-order valence-electron chi connectivity index (χ0n) is 18.2. The molecule has 182 valence electrons. The number of aromatic hydroxyl groups is 1. The van der Waals surface area contributed by atoms with Crippen LogP contribution in [0.5, 0.6) is 5.75 Å². The monoisotopic (exact) mass is 495 g/mol. The number of halogens is 4. The molecule has 2 heterocycles.